The summed E-state index contributed by atoms with van der Waals surface area (Å²) in [4.78, 5) is 1.13. The Labute approximate surface area is 162 Å². The molecule has 2 aromatic rings. The molecule has 0 amide bonds. The second-order valence-electron chi connectivity index (χ2n) is 8.87. The molecule has 0 aromatic heterocycles. The fraction of sp³-hybridized carbons (Fsp3) is 0.478. The van der Waals surface area contributed by atoms with E-state index in [1.165, 1.54) is 37.7 Å². The number of hydrogen-bond acceptors (Lipinski definition) is 3. The van der Waals surface area contributed by atoms with Gasteiger partial charge >= 0.3 is 0 Å². The summed E-state index contributed by atoms with van der Waals surface area (Å²) in [6.45, 7) is 4.94. The first kappa shape index (κ1) is 17.8. The summed E-state index contributed by atoms with van der Waals surface area (Å²) in [7, 11) is 0. The predicted molar refractivity (Wildman–Crippen MR) is 113 cm³/mol. The van der Waals surface area contributed by atoms with Crippen LogP contribution in [0.1, 0.15) is 51.5 Å². The van der Waals surface area contributed by atoms with Crippen LogP contribution in [-0.4, -0.2) is 0 Å². The zero-order valence-corrected chi connectivity index (χ0v) is 16.7. The van der Waals surface area contributed by atoms with Crippen LogP contribution < -0.4 is 10.5 Å². The molecule has 0 heterocycles. The van der Waals surface area contributed by atoms with Crippen molar-refractivity contribution in [1.82, 2.24) is 0 Å². The lowest BCUT2D eigenvalue weighted by Crippen LogP contribution is -2.38. The van der Waals surface area contributed by atoms with Crippen LogP contribution in [0, 0.1) is 17.8 Å². The lowest BCUT2D eigenvalue weighted by atomic mass is 9.57. The van der Waals surface area contributed by atoms with Crippen LogP contribution in [0.2, 0.25) is 0 Å². The molecule has 2 bridgehead atoms. The van der Waals surface area contributed by atoms with Crippen molar-refractivity contribution in [1.29, 1.82) is 0 Å². The molecule has 0 saturated heterocycles. The maximum Gasteiger partial charge on any atom is 0.0443 e. The van der Waals surface area contributed by atoms with Crippen LogP contribution in [0.3, 0.4) is 0 Å². The first-order valence-electron chi connectivity index (χ1n) is 9.89. The van der Waals surface area contributed by atoms with Crippen molar-refractivity contribution in [2.75, 3.05) is 10.5 Å². The van der Waals surface area contributed by atoms with Gasteiger partial charge in [0.2, 0.25) is 0 Å². The number of nitrogens with one attached hydrogen (secondary N) is 1. The molecule has 3 heteroatoms. The quantitative estimate of drug-likeness (QED) is 0.479. The highest BCUT2D eigenvalue weighted by Crippen LogP contribution is 2.51. The van der Waals surface area contributed by atoms with Crippen LogP contribution in [0.5, 0.6) is 0 Å². The number of nitrogens with two attached hydrogens (primary N) is 1. The van der Waals surface area contributed by atoms with E-state index in [1.807, 2.05) is 18.2 Å². The van der Waals surface area contributed by atoms with Crippen LogP contribution in [-0.2, 0) is 5.41 Å². The first-order chi connectivity index (χ1) is 12.5. The molecule has 3 N–H and O–H groups in total. The topological polar surface area (TPSA) is 38.0 Å². The molecule has 2 nitrogen and oxygen atoms in total. The highest BCUT2D eigenvalue weighted by atomic mass is 32.2. The second-order valence-corrected chi connectivity index (χ2v) is 9.75. The third-order valence-corrected chi connectivity index (χ3v) is 7.17. The van der Waals surface area contributed by atoms with E-state index in [4.69, 9.17) is 5.73 Å². The Bertz CT molecular complexity index is 737. The van der Waals surface area contributed by atoms with E-state index in [2.05, 4.69) is 48.9 Å². The van der Waals surface area contributed by atoms with Gasteiger partial charge in [0.05, 0.1) is 0 Å². The molecule has 2 unspecified atom stereocenters. The zero-order valence-electron chi connectivity index (χ0n) is 15.9. The number of hydrogen-bond donors (Lipinski definition) is 2. The highest BCUT2D eigenvalue weighted by Gasteiger charge is 2.41. The Kier molecular flexibility index (Phi) is 4.92. The first-order valence-corrected chi connectivity index (χ1v) is 10.7. The minimum Gasteiger partial charge on any atom is -0.399 e. The van der Waals surface area contributed by atoms with Gasteiger partial charge < -0.3 is 10.5 Å². The normalized spacial score (nSPS) is 30.8. The molecule has 2 aliphatic carbocycles. The van der Waals surface area contributed by atoms with Gasteiger partial charge in [0.25, 0.3) is 0 Å². The Hall–Kier alpha value is -1.61. The summed E-state index contributed by atoms with van der Waals surface area (Å²) < 4.78 is 3.44. The summed E-state index contributed by atoms with van der Waals surface area (Å²) in [5, 5.41) is 0. The molecule has 138 valence electrons. The van der Waals surface area contributed by atoms with E-state index in [9.17, 15) is 0 Å². The second kappa shape index (κ2) is 7.19. The number of fused-ring (bicyclic) bond motifs is 2. The molecule has 2 fully saturated rings. The highest BCUT2D eigenvalue weighted by molar-refractivity contribution is 8.00. The molecule has 4 rings (SSSR count). The predicted octanol–water partition coefficient (Wildman–Crippen LogP) is 6.49. The summed E-state index contributed by atoms with van der Waals surface area (Å²) in [5.41, 5.74) is 9.67. The van der Waals surface area contributed by atoms with Crippen LogP contribution >= 0.6 is 11.9 Å². The SMILES string of the molecule is CC1CC2CC(C1)CC(C)(c1ccc(NSc3cccc(N)c3)cc1)C2. The van der Waals surface area contributed by atoms with E-state index < -0.39 is 0 Å². The molecule has 0 spiro atoms. The Morgan fingerprint density at radius 2 is 1.69 bits per heavy atom. The summed E-state index contributed by atoms with van der Waals surface area (Å²) >= 11 is 1.61. The van der Waals surface area contributed by atoms with Gasteiger partial charge in [0.15, 0.2) is 0 Å². The number of rotatable bonds is 4. The molecular weight excluding hydrogens is 336 g/mol. The third-order valence-electron chi connectivity index (χ3n) is 6.34. The number of benzene rings is 2. The summed E-state index contributed by atoms with van der Waals surface area (Å²) in [5.74, 6) is 2.79. The lowest BCUT2D eigenvalue weighted by molar-refractivity contribution is 0.0899. The van der Waals surface area contributed by atoms with Gasteiger partial charge in [-0.15, -0.1) is 0 Å². The van der Waals surface area contributed by atoms with Gasteiger partial charge in [0.1, 0.15) is 0 Å². The molecular formula is C23H30N2S. The van der Waals surface area contributed by atoms with Gasteiger partial charge in [-0.1, -0.05) is 32.0 Å². The zero-order chi connectivity index (χ0) is 18.1. The molecule has 2 atom stereocenters. The van der Waals surface area contributed by atoms with Crippen LogP contribution in [0.15, 0.2) is 53.4 Å². The fourth-order valence-electron chi connectivity index (χ4n) is 5.46. The van der Waals surface area contributed by atoms with Crippen molar-refractivity contribution in [3.63, 3.8) is 0 Å². The molecule has 2 saturated carbocycles. The van der Waals surface area contributed by atoms with E-state index in [-0.39, 0.29) is 0 Å². The maximum absolute atomic E-state index is 5.85. The van der Waals surface area contributed by atoms with E-state index in [0.717, 1.165) is 34.0 Å². The minimum atomic E-state index is 0.354. The molecule has 2 aliphatic rings. The maximum atomic E-state index is 5.85. The van der Waals surface area contributed by atoms with E-state index in [1.54, 1.807) is 11.9 Å². The molecule has 0 radical (unpaired) electrons. The van der Waals surface area contributed by atoms with Gasteiger partial charge in [0, 0.05) is 16.3 Å². The molecule has 0 aliphatic heterocycles. The summed E-state index contributed by atoms with van der Waals surface area (Å²) in [6.07, 6.45) is 7.05. The van der Waals surface area contributed by atoms with Crippen molar-refractivity contribution < 1.29 is 0 Å². The van der Waals surface area contributed by atoms with Crippen molar-refractivity contribution in [2.24, 2.45) is 17.8 Å². The van der Waals surface area contributed by atoms with E-state index >= 15 is 0 Å². The molecule has 2 aromatic carbocycles. The van der Waals surface area contributed by atoms with Gasteiger partial charge in [-0.2, -0.15) is 0 Å². The third kappa shape index (κ3) is 3.88. The average molecular weight is 367 g/mol. The Morgan fingerprint density at radius 3 is 2.35 bits per heavy atom. The smallest absolute Gasteiger partial charge is 0.0443 e. The summed E-state index contributed by atoms with van der Waals surface area (Å²) in [6, 6.07) is 17.1. The fourth-order valence-corrected chi connectivity index (χ4v) is 6.17. The van der Waals surface area contributed by atoms with Crippen molar-refractivity contribution in [3.05, 3.63) is 54.1 Å². The Balaban J connectivity index is 1.42. The van der Waals surface area contributed by atoms with Crippen molar-refractivity contribution in [3.8, 4) is 0 Å². The monoisotopic (exact) mass is 366 g/mol. The number of nitrogen functional groups attached to an aromatic ring is 1. The van der Waals surface area contributed by atoms with Crippen molar-refractivity contribution >= 4 is 23.3 Å². The largest absolute Gasteiger partial charge is 0.399 e. The van der Waals surface area contributed by atoms with Gasteiger partial charge in [-0.05, 0) is 103 Å². The van der Waals surface area contributed by atoms with Gasteiger partial charge in [-0.3, -0.25) is 0 Å². The average Bonchev–Trinajstić information content (AvgIpc) is 2.59. The minimum absolute atomic E-state index is 0.354. The van der Waals surface area contributed by atoms with Crippen molar-refractivity contribution in [2.45, 2.75) is 56.3 Å². The van der Waals surface area contributed by atoms with Crippen LogP contribution in [0.25, 0.3) is 0 Å². The number of anilines is 2. The standard InChI is InChI=1S/C23H30N2S/c1-16-10-17-12-18(11-16)15-23(2,14-17)19-6-8-21(9-7-19)25-26-22-5-3-4-20(24)13-22/h3-9,13,16-18,25H,10-12,14-15,24H2,1-2H3. The van der Waals surface area contributed by atoms with Gasteiger partial charge in [-0.25, -0.2) is 0 Å². The van der Waals surface area contributed by atoms with Crippen LogP contribution in [0.4, 0.5) is 11.4 Å². The molecule has 26 heavy (non-hydrogen) atoms. The lowest BCUT2D eigenvalue weighted by Gasteiger charge is -2.47. The van der Waals surface area contributed by atoms with E-state index in [0.29, 0.717) is 5.41 Å². The Morgan fingerprint density at radius 1 is 1.00 bits per heavy atom.